The van der Waals surface area contributed by atoms with Gasteiger partial charge in [-0.05, 0) is 45.2 Å². The summed E-state index contributed by atoms with van der Waals surface area (Å²) in [6.45, 7) is 5.41. The summed E-state index contributed by atoms with van der Waals surface area (Å²) in [6.07, 6.45) is 1.75. The van der Waals surface area contributed by atoms with Crippen LogP contribution < -0.4 is 5.32 Å². The van der Waals surface area contributed by atoms with E-state index in [-0.39, 0.29) is 11.9 Å². The third-order valence-corrected chi connectivity index (χ3v) is 5.46. The van der Waals surface area contributed by atoms with Crippen LogP contribution in [0.2, 0.25) is 10.0 Å². The summed E-state index contributed by atoms with van der Waals surface area (Å²) in [5, 5.41) is 3.99. The summed E-state index contributed by atoms with van der Waals surface area (Å²) in [4.78, 5) is 25.6. The average molecular weight is 394 g/mol. The molecule has 1 atom stereocenters. The van der Waals surface area contributed by atoms with E-state index in [1.807, 2.05) is 13.0 Å². The van der Waals surface area contributed by atoms with Gasteiger partial charge in [-0.25, -0.2) is 4.79 Å². The van der Waals surface area contributed by atoms with Crippen LogP contribution in [0.4, 0.5) is 0 Å². The number of hydrogen-bond donors (Lipinski definition) is 1. The first-order valence-electron chi connectivity index (χ1n) is 8.70. The maximum absolute atomic E-state index is 12.9. The summed E-state index contributed by atoms with van der Waals surface area (Å²) in [6, 6.07) is 5.28. The molecule has 4 nitrogen and oxygen atoms in total. The lowest BCUT2D eigenvalue weighted by Gasteiger charge is -2.34. The SMILES string of the molecule is CC1=C(C(=O)OC(C)C)C(c2cccc(Cl)c2Cl)C2=C(CCCC2=O)N1. The van der Waals surface area contributed by atoms with Crippen molar-refractivity contribution in [1.82, 2.24) is 5.32 Å². The molecule has 1 N–H and O–H groups in total. The Bertz CT molecular complexity index is 839. The van der Waals surface area contributed by atoms with Gasteiger partial charge in [0.05, 0.1) is 21.7 Å². The van der Waals surface area contributed by atoms with Gasteiger partial charge in [0.15, 0.2) is 5.78 Å². The molecule has 1 aliphatic heterocycles. The van der Waals surface area contributed by atoms with Crippen LogP contribution in [-0.2, 0) is 14.3 Å². The Morgan fingerprint density at radius 2 is 2.00 bits per heavy atom. The Morgan fingerprint density at radius 1 is 1.27 bits per heavy atom. The van der Waals surface area contributed by atoms with Crippen molar-refractivity contribution in [3.05, 3.63) is 56.3 Å². The van der Waals surface area contributed by atoms with Crippen molar-refractivity contribution in [1.29, 1.82) is 0 Å². The second-order valence-electron chi connectivity index (χ2n) is 6.86. The number of nitrogens with one attached hydrogen (secondary N) is 1. The minimum atomic E-state index is -0.573. The number of hydrogen-bond acceptors (Lipinski definition) is 4. The van der Waals surface area contributed by atoms with Crippen LogP contribution in [0.1, 0.15) is 51.5 Å². The van der Waals surface area contributed by atoms with Crippen LogP contribution in [-0.4, -0.2) is 17.9 Å². The lowest BCUT2D eigenvalue weighted by atomic mass is 9.75. The van der Waals surface area contributed by atoms with Gasteiger partial charge in [-0.3, -0.25) is 4.79 Å². The number of carbonyl (C=O) groups is 2. The lowest BCUT2D eigenvalue weighted by molar-refractivity contribution is -0.143. The highest BCUT2D eigenvalue weighted by molar-refractivity contribution is 6.42. The van der Waals surface area contributed by atoms with Crippen LogP contribution in [0, 0.1) is 0 Å². The van der Waals surface area contributed by atoms with Crippen molar-refractivity contribution in [2.45, 2.75) is 52.1 Å². The van der Waals surface area contributed by atoms with Crippen LogP contribution in [0.3, 0.4) is 0 Å². The quantitative estimate of drug-likeness (QED) is 0.740. The van der Waals surface area contributed by atoms with Crippen LogP contribution in [0.15, 0.2) is 40.7 Å². The average Bonchev–Trinajstić information content (AvgIpc) is 2.55. The van der Waals surface area contributed by atoms with E-state index in [2.05, 4.69) is 5.32 Å². The molecule has 1 aliphatic carbocycles. The fraction of sp³-hybridized carbons (Fsp3) is 0.400. The van der Waals surface area contributed by atoms with Crippen LogP contribution in [0.5, 0.6) is 0 Å². The molecule has 0 saturated heterocycles. The number of dihydropyridines is 1. The minimum Gasteiger partial charge on any atom is -0.460 e. The summed E-state index contributed by atoms with van der Waals surface area (Å²) in [7, 11) is 0. The predicted molar refractivity (Wildman–Crippen MR) is 102 cm³/mol. The number of rotatable bonds is 3. The first kappa shape index (κ1) is 19.0. The molecule has 138 valence electrons. The number of allylic oxidation sites excluding steroid dienone is 3. The standard InChI is InChI=1S/C20H21Cl2NO3/c1-10(2)26-20(25)16-11(3)23-14-8-5-9-15(24)18(14)17(16)12-6-4-7-13(21)19(12)22/h4,6-7,10,17,23H,5,8-9H2,1-3H3. The fourth-order valence-electron chi connectivity index (χ4n) is 3.59. The molecule has 1 aromatic carbocycles. The third-order valence-electron chi connectivity index (χ3n) is 4.63. The van der Waals surface area contributed by atoms with Gasteiger partial charge in [-0.1, -0.05) is 35.3 Å². The van der Waals surface area contributed by atoms with Crippen LogP contribution in [0.25, 0.3) is 0 Å². The van der Waals surface area contributed by atoms with Gasteiger partial charge >= 0.3 is 5.97 Å². The van der Waals surface area contributed by atoms with E-state index < -0.39 is 11.9 Å². The highest BCUT2D eigenvalue weighted by atomic mass is 35.5. The second-order valence-corrected chi connectivity index (χ2v) is 7.65. The van der Waals surface area contributed by atoms with Gasteiger partial charge in [-0.2, -0.15) is 0 Å². The molecular formula is C20H21Cl2NO3. The van der Waals surface area contributed by atoms with E-state index in [1.54, 1.807) is 26.0 Å². The normalized spacial score (nSPS) is 20.2. The van der Waals surface area contributed by atoms with Crippen molar-refractivity contribution in [3.63, 3.8) is 0 Å². The van der Waals surface area contributed by atoms with E-state index >= 15 is 0 Å². The zero-order valence-electron chi connectivity index (χ0n) is 15.0. The molecule has 1 unspecified atom stereocenters. The number of carbonyl (C=O) groups excluding carboxylic acids is 2. The van der Waals surface area contributed by atoms with E-state index in [9.17, 15) is 9.59 Å². The lowest BCUT2D eigenvalue weighted by Crippen LogP contribution is -2.35. The Kier molecular flexibility index (Phi) is 5.44. The van der Waals surface area contributed by atoms with Gasteiger partial charge in [0.25, 0.3) is 0 Å². The molecule has 6 heteroatoms. The second kappa shape index (κ2) is 7.45. The summed E-state index contributed by atoms with van der Waals surface area (Å²) < 4.78 is 5.45. The number of Topliss-reactive ketones (excluding diaryl/α,β-unsaturated/α-hetero) is 1. The molecule has 0 aromatic heterocycles. The van der Waals surface area contributed by atoms with Gasteiger partial charge in [0.2, 0.25) is 0 Å². The largest absolute Gasteiger partial charge is 0.460 e. The van der Waals surface area contributed by atoms with Crippen molar-refractivity contribution in [3.8, 4) is 0 Å². The van der Waals surface area contributed by atoms with E-state index in [0.717, 1.165) is 18.5 Å². The van der Waals surface area contributed by atoms with Gasteiger partial charge < -0.3 is 10.1 Å². The maximum Gasteiger partial charge on any atom is 0.337 e. The van der Waals surface area contributed by atoms with E-state index in [0.29, 0.717) is 38.9 Å². The Hall–Kier alpha value is -1.78. The number of ketones is 1. The van der Waals surface area contributed by atoms with Crippen molar-refractivity contribution < 1.29 is 14.3 Å². The zero-order chi connectivity index (χ0) is 19.0. The first-order chi connectivity index (χ1) is 12.3. The van der Waals surface area contributed by atoms with Crippen LogP contribution >= 0.6 is 23.2 Å². The number of ether oxygens (including phenoxy) is 1. The molecule has 26 heavy (non-hydrogen) atoms. The smallest absolute Gasteiger partial charge is 0.337 e. The number of esters is 1. The first-order valence-corrected chi connectivity index (χ1v) is 9.45. The highest BCUT2D eigenvalue weighted by Gasteiger charge is 2.40. The van der Waals surface area contributed by atoms with Crippen molar-refractivity contribution in [2.24, 2.45) is 0 Å². The summed E-state index contributed by atoms with van der Waals surface area (Å²) in [5.41, 5.74) is 3.21. The Balaban J connectivity index is 2.21. The van der Waals surface area contributed by atoms with Gasteiger partial charge in [0.1, 0.15) is 0 Å². The summed E-state index contributed by atoms with van der Waals surface area (Å²) >= 11 is 12.7. The molecule has 3 rings (SSSR count). The molecular weight excluding hydrogens is 373 g/mol. The number of halogens is 2. The molecule has 2 aliphatic rings. The highest BCUT2D eigenvalue weighted by Crippen LogP contribution is 2.45. The molecule has 0 bridgehead atoms. The monoisotopic (exact) mass is 393 g/mol. The van der Waals surface area contributed by atoms with Gasteiger partial charge in [0, 0.05) is 29.3 Å². The van der Waals surface area contributed by atoms with E-state index in [4.69, 9.17) is 27.9 Å². The third kappa shape index (κ3) is 3.40. The molecule has 1 heterocycles. The maximum atomic E-state index is 12.9. The molecule has 0 fully saturated rings. The molecule has 0 radical (unpaired) electrons. The fourth-order valence-corrected chi connectivity index (χ4v) is 4.00. The summed E-state index contributed by atoms with van der Waals surface area (Å²) in [5.74, 6) is -0.991. The molecule has 0 spiro atoms. The Morgan fingerprint density at radius 3 is 2.69 bits per heavy atom. The Labute approximate surface area is 163 Å². The van der Waals surface area contributed by atoms with Gasteiger partial charge in [-0.15, -0.1) is 0 Å². The van der Waals surface area contributed by atoms with E-state index in [1.165, 1.54) is 0 Å². The zero-order valence-corrected chi connectivity index (χ0v) is 16.5. The number of benzene rings is 1. The van der Waals surface area contributed by atoms with Crippen molar-refractivity contribution in [2.75, 3.05) is 0 Å². The predicted octanol–water partition coefficient (Wildman–Crippen LogP) is 4.91. The van der Waals surface area contributed by atoms with Crippen molar-refractivity contribution >= 4 is 35.0 Å². The topological polar surface area (TPSA) is 55.4 Å². The molecule has 1 aromatic rings. The minimum absolute atomic E-state index is 0.0298. The molecule has 0 saturated carbocycles. The molecule has 0 amide bonds.